The van der Waals surface area contributed by atoms with Crippen LogP contribution in [0.15, 0.2) is 72.8 Å². The first-order chi connectivity index (χ1) is 16.9. The van der Waals surface area contributed by atoms with E-state index in [0.717, 1.165) is 33.7 Å². The predicted octanol–water partition coefficient (Wildman–Crippen LogP) is 6.71. The summed E-state index contributed by atoms with van der Waals surface area (Å²) >= 11 is 0. The highest BCUT2D eigenvalue weighted by Crippen LogP contribution is 2.40. The van der Waals surface area contributed by atoms with Gasteiger partial charge in [0.05, 0.1) is 16.9 Å². The Hall–Kier alpha value is -3.94. The van der Waals surface area contributed by atoms with Crippen LogP contribution >= 0.6 is 0 Å². The van der Waals surface area contributed by atoms with Crippen molar-refractivity contribution in [2.45, 2.75) is 19.3 Å². The maximum absolute atomic E-state index is 14.3. The topological polar surface area (TPSA) is 24.9 Å². The Bertz CT molecular complexity index is 1440. The van der Waals surface area contributed by atoms with Crippen molar-refractivity contribution < 1.29 is 27.0 Å². The molecular weight excluding hydrogens is 460 g/mol. The molecule has 6 rings (SSSR count). The lowest BCUT2D eigenvalue weighted by atomic mass is 10.0. The predicted molar refractivity (Wildman–Crippen MR) is 125 cm³/mol. The van der Waals surface area contributed by atoms with Gasteiger partial charge in [0.1, 0.15) is 17.3 Å². The third-order valence-corrected chi connectivity index (χ3v) is 6.42. The third-order valence-electron chi connectivity index (χ3n) is 6.42. The molecule has 0 fully saturated rings. The number of alkyl halides is 3. The SMILES string of the molecule is Fc1ccccc1N1COc2cc3cc4c(cc3cc2C1)CN(c1ccccc1C(F)(F)F)CO4. The van der Waals surface area contributed by atoms with E-state index >= 15 is 0 Å². The Morgan fingerprint density at radius 3 is 1.77 bits per heavy atom. The zero-order valence-electron chi connectivity index (χ0n) is 18.5. The van der Waals surface area contributed by atoms with Crippen LogP contribution in [-0.4, -0.2) is 13.5 Å². The summed E-state index contributed by atoms with van der Waals surface area (Å²) in [4.78, 5) is 3.40. The van der Waals surface area contributed by atoms with E-state index in [1.165, 1.54) is 18.2 Å². The lowest BCUT2D eigenvalue weighted by Gasteiger charge is -2.33. The summed E-state index contributed by atoms with van der Waals surface area (Å²) in [5.74, 6) is 1.05. The summed E-state index contributed by atoms with van der Waals surface area (Å²) in [6, 6.07) is 19.8. The van der Waals surface area contributed by atoms with Gasteiger partial charge in [-0.3, -0.25) is 0 Å². The van der Waals surface area contributed by atoms with Crippen LogP contribution in [0.3, 0.4) is 0 Å². The highest BCUT2D eigenvalue weighted by Gasteiger charge is 2.35. The van der Waals surface area contributed by atoms with Crippen LogP contribution in [0, 0.1) is 5.82 Å². The third kappa shape index (κ3) is 3.88. The number of fused-ring (bicyclic) bond motifs is 3. The maximum atomic E-state index is 14.3. The zero-order valence-corrected chi connectivity index (χ0v) is 18.5. The van der Waals surface area contributed by atoms with Gasteiger partial charge in [-0.1, -0.05) is 24.3 Å². The van der Waals surface area contributed by atoms with Crippen LogP contribution in [0.1, 0.15) is 16.7 Å². The molecule has 0 atom stereocenters. The summed E-state index contributed by atoms with van der Waals surface area (Å²) in [6.45, 7) is 1.01. The van der Waals surface area contributed by atoms with Crippen LogP contribution in [0.25, 0.3) is 10.8 Å². The molecule has 2 heterocycles. The summed E-state index contributed by atoms with van der Waals surface area (Å²) < 4.78 is 66.7. The molecule has 0 saturated carbocycles. The fourth-order valence-corrected chi connectivity index (χ4v) is 4.72. The second kappa shape index (κ2) is 8.08. The van der Waals surface area contributed by atoms with E-state index < -0.39 is 11.7 Å². The van der Waals surface area contributed by atoms with Gasteiger partial charge in [-0.05, 0) is 59.3 Å². The minimum absolute atomic E-state index is 0.0185. The first kappa shape index (κ1) is 21.6. The fourth-order valence-electron chi connectivity index (χ4n) is 4.72. The van der Waals surface area contributed by atoms with Gasteiger partial charge in [-0.2, -0.15) is 13.2 Å². The van der Waals surface area contributed by atoms with Crippen LogP contribution in [0.5, 0.6) is 11.5 Å². The van der Waals surface area contributed by atoms with Gasteiger partial charge < -0.3 is 19.3 Å². The second-order valence-electron chi connectivity index (χ2n) is 8.68. The molecule has 35 heavy (non-hydrogen) atoms. The molecule has 0 aromatic heterocycles. The van der Waals surface area contributed by atoms with Gasteiger partial charge in [0.2, 0.25) is 0 Å². The normalized spacial score (nSPS) is 15.3. The molecule has 2 aliphatic heterocycles. The van der Waals surface area contributed by atoms with E-state index in [9.17, 15) is 17.6 Å². The quantitative estimate of drug-likeness (QED) is 0.298. The number of nitrogens with zero attached hydrogens (tertiary/aromatic N) is 2. The summed E-state index contributed by atoms with van der Waals surface area (Å²) in [5.41, 5.74) is 1.57. The number of ether oxygens (including phenoxy) is 2. The average molecular weight is 480 g/mol. The number of hydrogen-bond acceptors (Lipinski definition) is 4. The Morgan fingerprint density at radius 1 is 0.657 bits per heavy atom. The van der Waals surface area contributed by atoms with Crippen molar-refractivity contribution in [1.29, 1.82) is 0 Å². The smallest absolute Gasteiger partial charge is 0.418 e. The van der Waals surface area contributed by atoms with Gasteiger partial charge in [0.15, 0.2) is 13.5 Å². The van der Waals surface area contributed by atoms with Crippen LogP contribution < -0.4 is 19.3 Å². The molecule has 0 unspecified atom stereocenters. The molecule has 0 N–H and O–H groups in total. The number of hydrogen-bond donors (Lipinski definition) is 0. The Labute approximate surface area is 198 Å². The molecule has 0 saturated heterocycles. The molecule has 4 aromatic carbocycles. The number of anilines is 2. The summed E-state index contributed by atoms with van der Waals surface area (Å²) in [7, 11) is 0. The van der Waals surface area contributed by atoms with Crippen molar-refractivity contribution >= 4 is 22.1 Å². The van der Waals surface area contributed by atoms with Gasteiger partial charge in [-0.25, -0.2) is 4.39 Å². The van der Waals surface area contributed by atoms with E-state index in [0.29, 0.717) is 18.0 Å². The molecule has 8 heteroatoms. The maximum Gasteiger partial charge on any atom is 0.418 e. The molecule has 0 aliphatic carbocycles. The lowest BCUT2D eigenvalue weighted by molar-refractivity contribution is -0.137. The average Bonchev–Trinajstić information content (AvgIpc) is 2.85. The largest absolute Gasteiger partial charge is 0.473 e. The van der Waals surface area contributed by atoms with E-state index in [1.807, 2.05) is 29.2 Å². The Morgan fingerprint density at radius 2 is 1.17 bits per heavy atom. The molecule has 0 bridgehead atoms. The zero-order chi connectivity index (χ0) is 24.2. The van der Waals surface area contributed by atoms with Crippen molar-refractivity contribution in [1.82, 2.24) is 0 Å². The minimum Gasteiger partial charge on any atom is -0.473 e. The standard InChI is InChI=1S/C27H20F4N2O2/c28-22-6-2-4-8-24(22)33-14-20-10-17-9-19-13-32(23-7-3-1-5-21(23)27(29,30)31)15-34-25(19)11-18(17)12-26(20)35-16-33/h1-12H,13-16H2. The molecule has 2 aliphatic rings. The van der Waals surface area contributed by atoms with Crippen LogP contribution in [0.4, 0.5) is 28.9 Å². The highest BCUT2D eigenvalue weighted by atomic mass is 19.4. The lowest BCUT2D eigenvalue weighted by Crippen LogP contribution is -2.33. The molecule has 178 valence electrons. The summed E-state index contributed by atoms with van der Waals surface area (Å²) in [6.07, 6.45) is -4.45. The van der Waals surface area contributed by atoms with E-state index in [1.54, 1.807) is 29.2 Å². The molecule has 4 aromatic rings. The van der Waals surface area contributed by atoms with Gasteiger partial charge in [-0.15, -0.1) is 0 Å². The van der Waals surface area contributed by atoms with E-state index in [-0.39, 0.29) is 31.5 Å². The van der Waals surface area contributed by atoms with Gasteiger partial charge in [0.25, 0.3) is 0 Å². The Balaban J connectivity index is 1.33. The fraction of sp³-hybridized carbons (Fsp3) is 0.185. The highest BCUT2D eigenvalue weighted by molar-refractivity contribution is 5.88. The first-order valence-electron chi connectivity index (χ1n) is 11.1. The Kier molecular flexibility index (Phi) is 4.98. The van der Waals surface area contributed by atoms with Crippen molar-refractivity contribution in [2.75, 3.05) is 23.3 Å². The minimum atomic E-state index is -4.45. The van der Waals surface area contributed by atoms with Gasteiger partial charge >= 0.3 is 6.18 Å². The van der Waals surface area contributed by atoms with Crippen molar-refractivity contribution in [3.63, 3.8) is 0 Å². The van der Waals surface area contributed by atoms with Crippen molar-refractivity contribution in [2.24, 2.45) is 0 Å². The van der Waals surface area contributed by atoms with E-state index in [2.05, 4.69) is 0 Å². The number of rotatable bonds is 2. The molecular formula is C27H20F4N2O2. The van der Waals surface area contributed by atoms with Crippen LogP contribution in [0.2, 0.25) is 0 Å². The second-order valence-corrected chi connectivity index (χ2v) is 8.68. The van der Waals surface area contributed by atoms with Crippen LogP contribution in [-0.2, 0) is 19.3 Å². The molecule has 0 spiro atoms. The summed E-state index contributed by atoms with van der Waals surface area (Å²) in [5, 5.41) is 1.82. The van der Waals surface area contributed by atoms with E-state index in [4.69, 9.17) is 9.47 Å². The molecule has 0 radical (unpaired) electrons. The monoisotopic (exact) mass is 480 g/mol. The van der Waals surface area contributed by atoms with Crippen molar-refractivity contribution in [3.05, 3.63) is 95.3 Å². The van der Waals surface area contributed by atoms with Gasteiger partial charge in [0, 0.05) is 24.2 Å². The van der Waals surface area contributed by atoms with Crippen molar-refractivity contribution in [3.8, 4) is 11.5 Å². The number of benzene rings is 4. The molecule has 0 amide bonds. The number of halogens is 4. The molecule has 4 nitrogen and oxygen atoms in total. The first-order valence-corrected chi connectivity index (χ1v) is 11.1. The number of para-hydroxylation sites is 2.